The molecule has 94 valence electrons. The molecule has 0 bridgehead atoms. The van der Waals surface area contributed by atoms with Crippen LogP contribution in [0.25, 0.3) is 0 Å². The first kappa shape index (κ1) is 13.7. The third-order valence-electron chi connectivity index (χ3n) is 2.74. The van der Waals surface area contributed by atoms with Crippen LogP contribution in [0.4, 0.5) is 0 Å². The smallest absolute Gasteiger partial charge is 0.251 e. The number of amides is 1. The molecule has 0 aliphatic heterocycles. The summed E-state index contributed by atoms with van der Waals surface area (Å²) in [6.45, 7) is 3.03. The van der Waals surface area contributed by atoms with Crippen LogP contribution in [-0.2, 0) is 6.42 Å². The number of benzene rings is 1. The second-order valence-corrected chi connectivity index (χ2v) is 4.38. The van der Waals surface area contributed by atoms with Crippen LogP contribution in [0, 0.1) is 0 Å². The van der Waals surface area contributed by atoms with Gasteiger partial charge in [-0.15, -0.1) is 0 Å². The van der Waals surface area contributed by atoms with E-state index in [0.717, 1.165) is 12.0 Å². The van der Waals surface area contributed by atoms with Gasteiger partial charge < -0.3 is 15.5 Å². The zero-order valence-electron chi connectivity index (χ0n) is 10.2. The maximum Gasteiger partial charge on any atom is 0.251 e. The molecule has 0 saturated carbocycles. The number of aryl methyl sites for hydroxylation is 1. The third kappa shape index (κ3) is 3.54. The Morgan fingerprint density at radius 1 is 1.24 bits per heavy atom. The fourth-order valence-corrected chi connectivity index (χ4v) is 1.37. The number of aliphatic hydroxyl groups is 2. The molecule has 0 radical (unpaired) electrons. The van der Waals surface area contributed by atoms with Gasteiger partial charge in [-0.25, -0.2) is 0 Å². The fraction of sp³-hybridized carbons (Fsp3) is 0.462. The summed E-state index contributed by atoms with van der Waals surface area (Å²) >= 11 is 0. The van der Waals surface area contributed by atoms with Crippen molar-refractivity contribution in [3.63, 3.8) is 0 Å². The van der Waals surface area contributed by atoms with Gasteiger partial charge in [-0.3, -0.25) is 4.79 Å². The van der Waals surface area contributed by atoms with E-state index in [-0.39, 0.29) is 19.1 Å². The molecule has 0 saturated heterocycles. The van der Waals surface area contributed by atoms with Gasteiger partial charge in [0.2, 0.25) is 0 Å². The second kappa shape index (κ2) is 5.80. The second-order valence-electron chi connectivity index (χ2n) is 4.38. The van der Waals surface area contributed by atoms with Crippen molar-refractivity contribution >= 4 is 5.91 Å². The van der Waals surface area contributed by atoms with E-state index in [9.17, 15) is 4.79 Å². The van der Waals surface area contributed by atoms with Crippen LogP contribution in [0.2, 0.25) is 0 Å². The lowest BCUT2D eigenvalue weighted by Crippen LogP contribution is -2.51. The summed E-state index contributed by atoms with van der Waals surface area (Å²) in [5.41, 5.74) is 0.699. The Morgan fingerprint density at radius 2 is 1.76 bits per heavy atom. The maximum atomic E-state index is 11.8. The summed E-state index contributed by atoms with van der Waals surface area (Å²) < 4.78 is 0. The molecule has 0 heterocycles. The van der Waals surface area contributed by atoms with Gasteiger partial charge in [0.05, 0.1) is 18.8 Å². The highest BCUT2D eigenvalue weighted by Crippen LogP contribution is 2.08. The predicted octanol–water partition coefficient (Wildman–Crippen LogP) is 0.722. The van der Waals surface area contributed by atoms with Crippen LogP contribution in [-0.4, -0.2) is 34.9 Å². The van der Waals surface area contributed by atoms with Crippen molar-refractivity contribution in [2.45, 2.75) is 25.8 Å². The minimum atomic E-state index is -0.986. The monoisotopic (exact) mass is 237 g/mol. The Bertz CT molecular complexity index is 369. The molecule has 1 aromatic carbocycles. The van der Waals surface area contributed by atoms with E-state index in [1.807, 2.05) is 19.1 Å². The normalized spacial score (nSPS) is 11.3. The molecule has 0 aromatic heterocycles. The van der Waals surface area contributed by atoms with Gasteiger partial charge in [-0.2, -0.15) is 0 Å². The first-order valence-corrected chi connectivity index (χ1v) is 5.68. The van der Waals surface area contributed by atoms with E-state index in [0.29, 0.717) is 5.56 Å². The standard InChI is InChI=1S/C13H19NO3/c1-3-10-4-6-11(7-5-10)12(17)14-13(2,8-15)9-16/h4-7,15-16H,3,8-9H2,1-2H3,(H,14,17). The summed E-state index contributed by atoms with van der Waals surface area (Å²) in [4.78, 5) is 11.8. The molecule has 0 atom stereocenters. The first-order chi connectivity index (χ1) is 8.04. The third-order valence-corrected chi connectivity index (χ3v) is 2.74. The zero-order valence-corrected chi connectivity index (χ0v) is 10.2. The highest BCUT2D eigenvalue weighted by molar-refractivity contribution is 5.94. The van der Waals surface area contributed by atoms with Crippen LogP contribution in [0.15, 0.2) is 24.3 Å². The van der Waals surface area contributed by atoms with Crippen LogP contribution in [0.1, 0.15) is 29.8 Å². The average molecular weight is 237 g/mol. The summed E-state index contributed by atoms with van der Waals surface area (Å²) in [6.07, 6.45) is 0.924. The van der Waals surface area contributed by atoms with Crippen LogP contribution >= 0.6 is 0 Å². The van der Waals surface area contributed by atoms with Crippen molar-refractivity contribution in [2.24, 2.45) is 0 Å². The summed E-state index contributed by atoms with van der Waals surface area (Å²) in [7, 11) is 0. The van der Waals surface area contributed by atoms with Crippen molar-refractivity contribution in [1.82, 2.24) is 5.32 Å². The van der Waals surface area contributed by atoms with E-state index >= 15 is 0 Å². The van der Waals surface area contributed by atoms with Crippen LogP contribution < -0.4 is 5.32 Å². The highest BCUT2D eigenvalue weighted by atomic mass is 16.3. The molecular formula is C13H19NO3. The van der Waals surface area contributed by atoms with E-state index in [2.05, 4.69) is 5.32 Å². The van der Waals surface area contributed by atoms with E-state index in [1.54, 1.807) is 19.1 Å². The Morgan fingerprint density at radius 3 is 2.18 bits per heavy atom. The molecule has 1 rings (SSSR count). The Hall–Kier alpha value is -1.39. The molecule has 0 aliphatic carbocycles. The Labute approximate surface area is 101 Å². The van der Waals surface area contributed by atoms with E-state index in [4.69, 9.17) is 10.2 Å². The number of carbonyl (C=O) groups excluding carboxylic acids is 1. The predicted molar refractivity (Wildman–Crippen MR) is 65.9 cm³/mol. The zero-order chi connectivity index (χ0) is 12.9. The molecule has 0 unspecified atom stereocenters. The molecule has 4 nitrogen and oxygen atoms in total. The molecule has 1 amide bonds. The van der Waals surface area contributed by atoms with Gasteiger partial charge in [0, 0.05) is 5.56 Å². The van der Waals surface area contributed by atoms with Crippen LogP contribution in [0.5, 0.6) is 0 Å². The number of aliphatic hydroxyl groups excluding tert-OH is 2. The SMILES string of the molecule is CCc1ccc(C(=O)NC(C)(CO)CO)cc1. The first-order valence-electron chi connectivity index (χ1n) is 5.68. The van der Waals surface area contributed by atoms with Gasteiger partial charge in [0.25, 0.3) is 5.91 Å². The minimum absolute atomic E-state index is 0.293. The maximum absolute atomic E-state index is 11.8. The topological polar surface area (TPSA) is 69.6 Å². The molecule has 1 aromatic rings. The minimum Gasteiger partial charge on any atom is -0.394 e. The quantitative estimate of drug-likeness (QED) is 0.707. The lowest BCUT2D eigenvalue weighted by molar-refractivity contribution is 0.0724. The van der Waals surface area contributed by atoms with Crippen molar-refractivity contribution in [1.29, 1.82) is 0 Å². The largest absolute Gasteiger partial charge is 0.394 e. The van der Waals surface area contributed by atoms with Crippen LogP contribution in [0.3, 0.4) is 0 Å². The Balaban J connectivity index is 2.75. The van der Waals surface area contributed by atoms with Gasteiger partial charge in [-0.1, -0.05) is 19.1 Å². The van der Waals surface area contributed by atoms with Gasteiger partial charge >= 0.3 is 0 Å². The fourth-order valence-electron chi connectivity index (χ4n) is 1.37. The number of nitrogens with one attached hydrogen (secondary N) is 1. The van der Waals surface area contributed by atoms with E-state index < -0.39 is 5.54 Å². The van der Waals surface area contributed by atoms with Crippen molar-refractivity contribution in [2.75, 3.05) is 13.2 Å². The van der Waals surface area contributed by atoms with Gasteiger partial charge in [0.15, 0.2) is 0 Å². The van der Waals surface area contributed by atoms with Gasteiger partial charge in [0.1, 0.15) is 0 Å². The summed E-state index contributed by atoms with van der Waals surface area (Å²) in [5, 5.41) is 20.8. The van der Waals surface area contributed by atoms with Crippen molar-refractivity contribution in [3.05, 3.63) is 35.4 Å². The Kier molecular flexibility index (Phi) is 4.66. The molecule has 4 heteroatoms. The lowest BCUT2D eigenvalue weighted by atomic mass is 10.0. The molecular weight excluding hydrogens is 218 g/mol. The lowest BCUT2D eigenvalue weighted by Gasteiger charge is -2.26. The number of hydrogen-bond acceptors (Lipinski definition) is 3. The molecule has 0 fully saturated rings. The number of hydrogen-bond donors (Lipinski definition) is 3. The molecule has 0 spiro atoms. The van der Waals surface area contributed by atoms with Crippen molar-refractivity contribution < 1.29 is 15.0 Å². The summed E-state index contributed by atoms with van der Waals surface area (Å²) in [5.74, 6) is -0.293. The summed E-state index contributed by atoms with van der Waals surface area (Å²) in [6, 6.07) is 7.26. The number of rotatable bonds is 5. The van der Waals surface area contributed by atoms with E-state index in [1.165, 1.54) is 0 Å². The van der Waals surface area contributed by atoms with Crippen molar-refractivity contribution in [3.8, 4) is 0 Å². The number of carbonyl (C=O) groups is 1. The molecule has 0 aliphatic rings. The molecule has 3 N–H and O–H groups in total. The van der Waals surface area contributed by atoms with Gasteiger partial charge in [-0.05, 0) is 31.0 Å². The highest BCUT2D eigenvalue weighted by Gasteiger charge is 2.24. The average Bonchev–Trinajstić information content (AvgIpc) is 2.38. The molecule has 17 heavy (non-hydrogen) atoms.